The number of carbonyl (C=O) groups is 1. The first-order valence-corrected chi connectivity index (χ1v) is 8.20. The highest BCUT2D eigenvalue weighted by molar-refractivity contribution is 6.29. The van der Waals surface area contributed by atoms with Crippen LogP contribution < -0.4 is 5.32 Å². The Morgan fingerprint density at radius 3 is 2.62 bits per heavy atom. The van der Waals surface area contributed by atoms with Crippen molar-refractivity contribution < 1.29 is 4.79 Å². The van der Waals surface area contributed by atoms with Crippen LogP contribution in [0.2, 0.25) is 5.15 Å². The number of hydrogen-bond donors (Lipinski definition) is 1. The Bertz CT molecular complexity index is 472. The molecule has 0 aliphatic carbocycles. The highest BCUT2D eigenvalue weighted by Crippen LogP contribution is 2.23. The fourth-order valence-corrected chi connectivity index (χ4v) is 2.45. The maximum Gasteiger partial charge on any atom is 0.251 e. The third-order valence-electron chi connectivity index (χ3n) is 3.66. The van der Waals surface area contributed by atoms with E-state index in [4.69, 9.17) is 11.6 Å². The SMILES string of the molecule is CCCCCC(C)(C)CNC(=O)c1cc(Cl)nc(CC)c1. The van der Waals surface area contributed by atoms with Gasteiger partial charge in [-0.3, -0.25) is 4.79 Å². The Balaban J connectivity index is 2.59. The van der Waals surface area contributed by atoms with E-state index < -0.39 is 0 Å². The first-order chi connectivity index (χ1) is 9.88. The van der Waals surface area contributed by atoms with Crippen LogP contribution in [0.1, 0.15) is 69.4 Å². The molecule has 118 valence electrons. The molecule has 0 unspecified atom stereocenters. The van der Waals surface area contributed by atoms with Crippen LogP contribution in [0.25, 0.3) is 0 Å². The van der Waals surface area contributed by atoms with Gasteiger partial charge in [-0.25, -0.2) is 4.98 Å². The zero-order valence-electron chi connectivity index (χ0n) is 13.6. The van der Waals surface area contributed by atoms with E-state index in [1.807, 2.05) is 13.0 Å². The van der Waals surface area contributed by atoms with Crippen molar-refractivity contribution in [1.29, 1.82) is 0 Å². The van der Waals surface area contributed by atoms with Crippen molar-refractivity contribution in [2.75, 3.05) is 6.54 Å². The van der Waals surface area contributed by atoms with Crippen molar-refractivity contribution in [2.24, 2.45) is 5.41 Å². The quantitative estimate of drug-likeness (QED) is 0.561. The first kappa shape index (κ1) is 18.0. The average molecular weight is 311 g/mol. The first-order valence-electron chi connectivity index (χ1n) is 7.82. The van der Waals surface area contributed by atoms with Crippen molar-refractivity contribution in [1.82, 2.24) is 10.3 Å². The molecular weight excluding hydrogens is 284 g/mol. The standard InChI is InChI=1S/C17H27ClN2O/c1-5-7-8-9-17(3,4)12-19-16(21)13-10-14(6-2)20-15(18)11-13/h10-11H,5-9,12H2,1-4H3,(H,19,21). The van der Waals surface area contributed by atoms with Crippen LogP contribution in [0.5, 0.6) is 0 Å². The lowest BCUT2D eigenvalue weighted by Crippen LogP contribution is -2.34. The molecule has 0 saturated heterocycles. The predicted octanol–water partition coefficient (Wildman–Crippen LogP) is 4.63. The molecular formula is C17H27ClN2O. The van der Waals surface area contributed by atoms with Gasteiger partial charge >= 0.3 is 0 Å². The Hall–Kier alpha value is -1.09. The summed E-state index contributed by atoms with van der Waals surface area (Å²) in [5.74, 6) is -0.0717. The lowest BCUT2D eigenvalue weighted by molar-refractivity contribution is 0.0934. The topological polar surface area (TPSA) is 42.0 Å². The molecule has 0 bridgehead atoms. The second kappa shape index (κ2) is 8.38. The van der Waals surface area contributed by atoms with Crippen molar-refractivity contribution in [3.8, 4) is 0 Å². The number of amides is 1. The molecule has 1 aromatic heterocycles. The molecule has 1 aromatic rings. The average Bonchev–Trinajstić information content (AvgIpc) is 2.44. The number of aryl methyl sites for hydroxylation is 1. The zero-order chi connectivity index (χ0) is 15.9. The number of halogens is 1. The van der Waals surface area contributed by atoms with Gasteiger partial charge in [0.05, 0.1) is 0 Å². The fourth-order valence-electron chi connectivity index (χ4n) is 2.23. The van der Waals surface area contributed by atoms with E-state index in [1.54, 1.807) is 6.07 Å². The molecule has 21 heavy (non-hydrogen) atoms. The molecule has 1 rings (SSSR count). The second-order valence-electron chi connectivity index (χ2n) is 6.33. The molecule has 0 aromatic carbocycles. The molecule has 3 nitrogen and oxygen atoms in total. The van der Waals surface area contributed by atoms with Crippen LogP contribution in [-0.4, -0.2) is 17.4 Å². The van der Waals surface area contributed by atoms with Crippen molar-refractivity contribution >= 4 is 17.5 Å². The molecule has 0 fully saturated rings. The Kier molecular flexibility index (Phi) is 7.16. The second-order valence-corrected chi connectivity index (χ2v) is 6.71. The van der Waals surface area contributed by atoms with E-state index in [0.717, 1.165) is 18.5 Å². The molecule has 4 heteroatoms. The highest BCUT2D eigenvalue weighted by atomic mass is 35.5. The summed E-state index contributed by atoms with van der Waals surface area (Å²) in [5, 5.41) is 3.40. The van der Waals surface area contributed by atoms with E-state index in [9.17, 15) is 4.79 Å². The van der Waals surface area contributed by atoms with Gasteiger partial charge in [0.1, 0.15) is 5.15 Å². The van der Waals surface area contributed by atoms with E-state index in [2.05, 4.69) is 31.1 Å². The van der Waals surface area contributed by atoms with E-state index in [0.29, 0.717) is 17.3 Å². The summed E-state index contributed by atoms with van der Waals surface area (Å²) in [5.41, 5.74) is 1.56. The summed E-state index contributed by atoms with van der Waals surface area (Å²) in [6.07, 6.45) is 5.57. The van der Waals surface area contributed by atoms with E-state index in [-0.39, 0.29) is 11.3 Å². The van der Waals surface area contributed by atoms with Crippen molar-refractivity contribution in [3.05, 3.63) is 28.5 Å². The van der Waals surface area contributed by atoms with Crippen molar-refractivity contribution in [2.45, 2.75) is 59.8 Å². The maximum absolute atomic E-state index is 12.2. The summed E-state index contributed by atoms with van der Waals surface area (Å²) in [4.78, 5) is 16.4. The normalized spacial score (nSPS) is 11.5. The Morgan fingerprint density at radius 2 is 2.00 bits per heavy atom. The molecule has 0 radical (unpaired) electrons. The molecule has 1 heterocycles. The minimum atomic E-state index is -0.0717. The summed E-state index contributed by atoms with van der Waals surface area (Å²) >= 11 is 5.96. The van der Waals surface area contributed by atoms with Gasteiger partial charge in [-0.05, 0) is 30.4 Å². The van der Waals surface area contributed by atoms with Gasteiger partial charge in [0, 0.05) is 17.8 Å². The summed E-state index contributed by atoms with van der Waals surface area (Å²) < 4.78 is 0. The van der Waals surface area contributed by atoms with Crippen LogP contribution in [0, 0.1) is 5.41 Å². The molecule has 0 saturated carbocycles. The third kappa shape index (κ3) is 6.47. The number of hydrogen-bond acceptors (Lipinski definition) is 2. The van der Waals surface area contributed by atoms with Crippen LogP contribution in [0.4, 0.5) is 0 Å². The maximum atomic E-state index is 12.2. The molecule has 0 atom stereocenters. The number of rotatable bonds is 8. The van der Waals surface area contributed by atoms with Crippen molar-refractivity contribution in [3.63, 3.8) is 0 Å². The van der Waals surface area contributed by atoms with Gasteiger partial charge in [-0.15, -0.1) is 0 Å². The summed E-state index contributed by atoms with van der Waals surface area (Å²) in [7, 11) is 0. The van der Waals surface area contributed by atoms with E-state index in [1.165, 1.54) is 19.3 Å². The molecule has 0 aliphatic rings. The van der Waals surface area contributed by atoms with Crippen LogP contribution in [0.3, 0.4) is 0 Å². The Labute approximate surface area is 133 Å². The highest BCUT2D eigenvalue weighted by Gasteiger charge is 2.19. The molecule has 0 spiro atoms. The number of pyridine rings is 1. The minimum Gasteiger partial charge on any atom is -0.352 e. The summed E-state index contributed by atoms with van der Waals surface area (Å²) in [6.45, 7) is 9.27. The van der Waals surface area contributed by atoms with Gasteiger partial charge in [0.25, 0.3) is 5.91 Å². The molecule has 1 amide bonds. The third-order valence-corrected chi connectivity index (χ3v) is 3.85. The number of nitrogens with one attached hydrogen (secondary N) is 1. The number of nitrogens with zero attached hydrogens (tertiary/aromatic N) is 1. The van der Waals surface area contributed by atoms with Gasteiger partial charge in [-0.1, -0.05) is 58.6 Å². The van der Waals surface area contributed by atoms with Crippen LogP contribution in [0.15, 0.2) is 12.1 Å². The predicted molar refractivity (Wildman–Crippen MR) is 88.9 cm³/mol. The number of aromatic nitrogens is 1. The van der Waals surface area contributed by atoms with Gasteiger partial charge in [0.15, 0.2) is 0 Å². The monoisotopic (exact) mass is 310 g/mol. The zero-order valence-corrected chi connectivity index (χ0v) is 14.4. The lowest BCUT2D eigenvalue weighted by atomic mass is 9.87. The molecule has 0 aliphatic heterocycles. The minimum absolute atomic E-state index is 0.0717. The number of unbranched alkanes of at least 4 members (excludes halogenated alkanes) is 2. The largest absolute Gasteiger partial charge is 0.352 e. The molecule has 1 N–H and O–H groups in total. The van der Waals surface area contributed by atoms with Crippen LogP contribution in [-0.2, 0) is 6.42 Å². The van der Waals surface area contributed by atoms with E-state index >= 15 is 0 Å². The smallest absolute Gasteiger partial charge is 0.251 e. The summed E-state index contributed by atoms with van der Waals surface area (Å²) in [6, 6.07) is 3.44. The lowest BCUT2D eigenvalue weighted by Gasteiger charge is -2.25. The fraction of sp³-hybridized carbons (Fsp3) is 0.647. The van der Waals surface area contributed by atoms with Crippen LogP contribution >= 0.6 is 11.6 Å². The van der Waals surface area contributed by atoms with Gasteiger partial charge < -0.3 is 5.32 Å². The Morgan fingerprint density at radius 1 is 1.29 bits per heavy atom. The van der Waals surface area contributed by atoms with Gasteiger partial charge in [0.2, 0.25) is 0 Å². The van der Waals surface area contributed by atoms with Gasteiger partial charge in [-0.2, -0.15) is 0 Å². The number of carbonyl (C=O) groups excluding carboxylic acids is 1.